The number of aryl methyl sites for hydroxylation is 1. The molecule has 0 amide bonds. The van der Waals surface area contributed by atoms with Crippen molar-refractivity contribution in [1.29, 1.82) is 0 Å². The maximum Gasteiger partial charge on any atom is 0.305 e. The second-order valence-corrected chi connectivity index (χ2v) is 6.11. The number of esters is 1. The second-order valence-electron chi connectivity index (χ2n) is 5.03. The number of fused-ring (bicyclic) bond motifs is 1. The van der Waals surface area contributed by atoms with Gasteiger partial charge >= 0.3 is 5.97 Å². The fourth-order valence-corrected chi connectivity index (χ4v) is 3.01. The molecule has 0 spiro atoms. The molecule has 0 fully saturated rings. The zero-order valence-electron chi connectivity index (χ0n) is 12.6. The van der Waals surface area contributed by atoms with E-state index in [2.05, 4.69) is 29.0 Å². The normalized spacial score (nSPS) is 11.0. The van der Waals surface area contributed by atoms with E-state index in [1.807, 2.05) is 13.0 Å². The van der Waals surface area contributed by atoms with Crippen LogP contribution in [0.3, 0.4) is 0 Å². The molecule has 0 radical (unpaired) electrons. The van der Waals surface area contributed by atoms with Crippen LogP contribution >= 0.6 is 11.8 Å². The Morgan fingerprint density at radius 3 is 3.00 bits per heavy atom. The zero-order chi connectivity index (χ0) is 15.1. The van der Waals surface area contributed by atoms with E-state index in [0.29, 0.717) is 13.0 Å². The molecule has 0 atom stereocenters. The average Bonchev–Trinajstić information content (AvgIpc) is 2.84. The number of nitrogens with zero attached hydrogens (tertiary/aromatic N) is 1. The summed E-state index contributed by atoms with van der Waals surface area (Å²) in [7, 11) is 0. The van der Waals surface area contributed by atoms with Crippen molar-refractivity contribution in [2.75, 3.05) is 12.4 Å². The SMILES string of the molecule is CCOC(=O)CCCCCSc1nc2ccc(C)cc2[nH]1. The van der Waals surface area contributed by atoms with Crippen LogP contribution < -0.4 is 0 Å². The van der Waals surface area contributed by atoms with E-state index in [1.54, 1.807) is 11.8 Å². The molecule has 2 aromatic rings. The number of rotatable bonds is 8. The Morgan fingerprint density at radius 2 is 2.19 bits per heavy atom. The van der Waals surface area contributed by atoms with Crippen molar-refractivity contribution in [2.45, 2.75) is 44.7 Å². The molecule has 0 saturated heterocycles. The summed E-state index contributed by atoms with van der Waals surface area (Å²) in [5, 5.41) is 0.973. The largest absolute Gasteiger partial charge is 0.466 e. The molecule has 0 aliphatic heterocycles. The number of H-pyrrole nitrogens is 1. The summed E-state index contributed by atoms with van der Waals surface area (Å²) in [5.74, 6) is 0.930. The minimum Gasteiger partial charge on any atom is -0.466 e. The lowest BCUT2D eigenvalue weighted by molar-refractivity contribution is -0.143. The summed E-state index contributed by atoms with van der Waals surface area (Å²) in [6, 6.07) is 6.24. The lowest BCUT2D eigenvalue weighted by atomic mass is 10.2. The number of imidazole rings is 1. The molecular formula is C16H22N2O2S. The van der Waals surface area contributed by atoms with Crippen LogP contribution in [0.25, 0.3) is 11.0 Å². The highest BCUT2D eigenvalue weighted by molar-refractivity contribution is 7.99. The number of carbonyl (C=O) groups is 1. The topological polar surface area (TPSA) is 55.0 Å². The van der Waals surface area contributed by atoms with E-state index in [9.17, 15) is 4.79 Å². The molecule has 0 unspecified atom stereocenters. The molecule has 0 bridgehead atoms. The number of ether oxygens (including phenoxy) is 1. The van der Waals surface area contributed by atoms with Crippen molar-refractivity contribution in [3.05, 3.63) is 23.8 Å². The van der Waals surface area contributed by atoms with Gasteiger partial charge in [-0.25, -0.2) is 4.98 Å². The first-order chi connectivity index (χ1) is 10.2. The number of aromatic amines is 1. The maximum absolute atomic E-state index is 11.2. The number of nitrogens with one attached hydrogen (secondary N) is 1. The highest BCUT2D eigenvalue weighted by atomic mass is 32.2. The standard InChI is InChI=1S/C16H22N2O2S/c1-3-20-15(19)7-5-4-6-10-21-16-17-13-9-8-12(2)11-14(13)18-16/h8-9,11H,3-7,10H2,1-2H3,(H,17,18). The Kier molecular flexibility index (Phi) is 6.11. The van der Waals surface area contributed by atoms with Crippen LogP contribution in [-0.2, 0) is 9.53 Å². The Balaban J connectivity index is 1.67. The summed E-state index contributed by atoms with van der Waals surface area (Å²) in [5.41, 5.74) is 3.35. The summed E-state index contributed by atoms with van der Waals surface area (Å²) >= 11 is 1.74. The van der Waals surface area contributed by atoms with Gasteiger partial charge in [0.1, 0.15) is 0 Å². The second kappa shape index (κ2) is 8.08. The van der Waals surface area contributed by atoms with E-state index < -0.39 is 0 Å². The van der Waals surface area contributed by atoms with Gasteiger partial charge in [0.25, 0.3) is 0 Å². The van der Waals surface area contributed by atoms with Crippen molar-refractivity contribution in [3.63, 3.8) is 0 Å². The molecule has 0 saturated carbocycles. The number of carbonyl (C=O) groups excluding carboxylic acids is 1. The van der Waals surface area contributed by atoms with Crippen molar-refractivity contribution in [1.82, 2.24) is 9.97 Å². The molecule has 1 heterocycles. The first-order valence-electron chi connectivity index (χ1n) is 7.44. The van der Waals surface area contributed by atoms with Crippen LogP contribution in [0.2, 0.25) is 0 Å². The number of hydrogen-bond donors (Lipinski definition) is 1. The summed E-state index contributed by atoms with van der Waals surface area (Å²) in [6.07, 6.45) is 3.56. The van der Waals surface area contributed by atoms with E-state index in [-0.39, 0.29) is 5.97 Å². The summed E-state index contributed by atoms with van der Waals surface area (Å²) < 4.78 is 4.90. The van der Waals surface area contributed by atoms with Gasteiger partial charge in [-0.1, -0.05) is 24.2 Å². The van der Waals surface area contributed by atoms with Gasteiger partial charge in [-0.05, 0) is 44.4 Å². The first-order valence-corrected chi connectivity index (χ1v) is 8.42. The molecule has 2 rings (SSSR count). The smallest absolute Gasteiger partial charge is 0.305 e. The van der Waals surface area contributed by atoms with Crippen molar-refractivity contribution in [3.8, 4) is 0 Å². The Bertz CT molecular complexity index is 595. The number of benzene rings is 1. The molecule has 1 aromatic heterocycles. The third kappa shape index (κ3) is 5.08. The van der Waals surface area contributed by atoms with Crippen molar-refractivity contribution >= 4 is 28.8 Å². The molecule has 1 N–H and O–H groups in total. The van der Waals surface area contributed by atoms with E-state index in [4.69, 9.17) is 4.74 Å². The Morgan fingerprint density at radius 1 is 1.33 bits per heavy atom. The lowest BCUT2D eigenvalue weighted by Crippen LogP contribution is -2.03. The summed E-state index contributed by atoms with van der Waals surface area (Å²) in [6.45, 7) is 4.39. The van der Waals surface area contributed by atoms with E-state index >= 15 is 0 Å². The predicted octanol–water partition coefficient (Wildman–Crippen LogP) is 4.09. The molecule has 5 heteroatoms. The fraction of sp³-hybridized carbons (Fsp3) is 0.500. The monoisotopic (exact) mass is 306 g/mol. The van der Waals surface area contributed by atoms with Crippen molar-refractivity contribution in [2.24, 2.45) is 0 Å². The van der Waals surface area contributed by atoms with Gasteiger partial charge in [0.2, 0.25) is 0 Å². The lowest BCUT2D eigenvalue weighted by Gasteiger charge is -2.01. The van der Waals surface area contributed by atoms with Crippen LogP contribution in [-0.4, -0.2) is 28.3 Å². The van der Waals surface area contributed by atoms with Crippen LogP contribution in [0.4, 0.5) is 0 Å². The van der Waals surface area contributed by atoms with Gasteiger partial charge < -0.3 is 9.72 Å². The number of hydrogen-bond acceptors (Lipinski definition) is 4. The van der Waals surface area contributed by atoms with E-state index in [0.717, 1.165) is 41.2 Å². The molecular weight excluding hydrogens is 284 g/mol. The Hall–Kier alpha value is -1.49. The minimum atomic E-state index is -0.0854. The van der Waals surface area contributed by atoms with E-state index in [1.165, 1.54) is 5.56 Å². The van der Waals surface area contributed by atoms with Crippen LogP contribution in [0.1, 0.15) is 38.2 Å². The molecule has 1 aromatic carbocycles. The van der Waals surface area contributed by atoms with Gasteiger partial charge in [0.15, 0.2) is 5.16 Å². The third-order valence-corrected chi connectivity index (χ3v) is 4.14. The van der Waals surface area contributed by atoms with Crippen LogP contribution in [0, 0.1) is 6.92 Å². The molecule has 21 heavy (non-hydrogen) atoms. The maximum atomic E-state index is 11.2. The van der Waals surface area contributed by atoms with Gasteiger partial charge in [0, 0.05) is 12.2 Å². The van der Waals surface area contributed by atoms with Gasteiger partial charge in [-0.2, -0.15) is 0 Å². The third-order valence-electron chi connectivity index (χ3n) is 3.18. The highest BCUT2D eigenvalue weighted by Crippen LogP contribution is 2.21. The Labute approximate surface area is 129 Å². The fourth-order valence-electron chi connectivity index (χ4n) is 2.12. The van der Waals surface area contributed by atoms with Gasteiger partial charge in [-0.15, -0.1) is 0 Å². The molecule has 4 nitrogen and oxygen atoms in total. The van der Waals surface area contributed by atoms with Crippen LogP contribution in [0.15, 0.2) is 23.4 Å². The molecule has 0 aliphatic carbocycles. The summed E-state index contributed by atoms with van der Waals surface area (Å²) in [4.78, 5) is 19.1. The number of unbranched alkanes of at least 4 members (excludes halogenated alkanes) is 2. The van der Waals surface area contributed by atoms with Gasteiger partial charge in [-0.3, -0.25) is 4.79 Å². The van der Waals surface area contributed by atoms with Crippen LogP contribution in [0.5, 0.6) is 0 Å². The minimum absolute atomic E-state index is 0.0854. The highest BCUT2D eigenvalue weighted by Gasteiger charge is 2.04. The zero-order valence-corrected chi connectivity index (χ0v) is 13.5. The quantitative estimate of drug-likeness (QED) is 0.453. The van der Waals surface area contributed by atoms with Crippen molar-refractivity contribution < 1.29 is 9.53 Å². The molecule has 0 aliphatic rings. The van der Waals surface area contributed by atoms with Gasteiger partial charge in [0.05, 0.1) is 17.6 Å². The number of aromatic nitrogens is 2. The first kappa shape index (κ1) is 15.9. The predicted molar refractivity (Wildman–Crippen MR) is 86.7 cm³/mol. The number of thioether (sulfide) groups is 1. The average molecular weight is 306 g/mol. The molecule has 114 valence electrons.